The molecular formula is C14H15ClN2O3. The van der Waals surface area contributed by atoms with Crippen molar-refractivity contribution in [1.29, 1.82) is 0 Å². The van der Waals surface area contributed by atoms with Crippen LogP contribution in [0.5, 0.6) is 0 Å². The van der Waals surface area contributed by atoms with Crippen molar-refractivity contribution in [2.45, 2.75) is 18.8 Å². The van der Waals surface area contributed by atoms with Crippen molar-refractivity contribution in [3.63, 3.8) is 0 Å². The van der Waals surface area contributed by atoms with Crippen LogP contribution in [0.3, 0.4) is 0 Å². The van der Waals surface area contributed by atoms with Crippen molar-refractivity contribution in [1.82, 2.24) is 9.88 Å². The fourth-order valence-electron chi connectivity index (χ4n) is 2.30. The summed E-state index contributed by atoms with van der Waals surface area (Å²) in [6.07, 6.45) is 0.281. The van der Waals surface area contributed by atoms with Gasteiger partial charge in [0.2, 0.25) is 5.89 Å². The average Bonchev–Trinajstić information content (AvgIpc) is 2.99. The molecule has 0 aliphatic carbocycles. The van der Waals surface area contributed by atoms with Crippen LogP contribution < -0.4 is 0 Å². The van der Waals surface area contributed by atoms with Crippen molar-refractivity contribution in [3.8, 4) is 11.3 Å². The van der Waals surface area contributed by atoms with E-state index in [4.69, 9.17) is 16.0 Å². The maximum Gasteiger partial charge on any atom is 0.209 e. The highest BCUT2D eigenvalue weighted by atomic mass is 35.5. The van der Waals surface area contributed by atoms with Gasteiger partial charge in [-0.3, -0.25) is 4.90 Å². The molecule has 1 aliphatic heterocycles. The van der Waals surface area contributed by atoms with Crippen LogP contribution in [0.15, 0.2) is 34.9 Å². The molecule has 2 atom stereocenters. The Morgan fingerprint density at radius 1 is 1.20 bits per heavy atom. The van der Waals surface area contributed by atoms with E-state index < -0.39 is 12.2 Å². The van der Waals surface area contributed by atoms with Gasteiger partial charge in [-0.25, -0.2) is 4.98 Å². The summed E-state index contributed by atoms with van der Waals surface area (Å²) in [4.78, 5) is 6.13. The van der Waals surface area contributed by atoms with Crippen LogP contribution in [0.2, 0.25) is 5.02 Å². The summed E-state index contributed by atoms with van der Waals surface area (Å²) in [5.74, 6) is 1.24. The first-order valence-electron chi connectivity index (χ1n) is 6.41. The van der Waals surface area contributed by atoms with Crippen molar-refractivity contribution in [2.75, 3.05) is 13.1 Å². The number of β-amino-alcohol motifs (C(OH)–C–C–N with tert-alkyl or cyclic N) is 2. The van der Waals surface area contributed by atoms with Gasteiger partial charge in [-0.1, -0.05) is 11.6 Å². The molecular weight excluding hydrogens is 280 g/mol. The molecule has 2 unspecified atom stereocenters. The van der Waals surface area contributed by atoms with Crippen molar-refractivity contribution in [2.24, 2.45) is 0 Å². The number of hydrogen-bond donors (Lipinski definition) is 2. The maximum atomic E-state index is 9.50. The lowest BCUT2D eigenvalue weighted by molar-refractivity contribution is 0.0572. The second-order valence-corrected chi connectivity index (χ2v) is 5.39. The molecule has 0 spiro atoms. The van der Waals surface area contributed by atoms with E-state index in [1.165, 1.54) is 0 Å². The molecule has 1 aromatic carbocycles. The average molecular weight is 295 g/mol. The Bertz CT molecular complexity index is 574. The molecule has 2 aromatic rings. The maximum absolute atomic E-state index is 9.50. The van der Waals surface area contributed by atoms with E-state index in [1.807, 2.05) is 17.0 Å². The Morgan fingerprint density at radius 3 is 2.50 bits per heavy atom. The molecule has 20 heavy (non-hydrogen) atoms. The fraction of sp³-hybridized carbons (Fsp3) is 0.357. The highest BCUT2D eigenvalue weighted by Crippen LogP contribution is 2.23. The Kier molecular flexibility index (Phi) is 3.76. The molecule has 0 saturated carbocycles. The number of rotatable bonds is 3. The normalized spacial score (nSPS) is 23.4. The van der Waals surface area contributed by atoms with E-state index in [2.05, 4.69) is 4.98 Å². The molecule has 6 heteroatoms. The predicted octanol–water partition coefficient (Wildman–Crippen LogP) is 1.53. The molecule has 1 aliphatic rings. The molecule has 106 valence electrons. The summed E-state index contributed by atoms with van der Waals surface area (Å²) < 4.78 is 5.68. The number of oxazole rings is 1. The molecule has 2 heterocycles. The van der Waals surface area contributed by atoms with Crippen LogP contribution in [-0.2, 0) is 6.54 Å². The first-order valence-corrected chi connectivity index (χ1v) is 6.79. The SMILES string of the molecule is OC1CN(Cc2ncc(-c3ccc(Cl)cc3)o2)CC1O. The van der Waals surface area contributed by atoms with Gasteiger partial charge in [0.1, 0.15) is 0 Å². The summed E-state index contributed by atoms with van der Waals surface area (Å²) in [6, 6.07) is 7.34. The quantitative estimate of drug-likeness (QED) is 0.898. The van der Waals surface area contributed by atoms with Crippen molar-refractivity contribution >= 4 is 11.6 Å². The topological polar surface area (TPSA) is 69.7 Å². The van der Waals surface area contributed by atoms with Crippen LogP contribution >= 0.6 is 11.6 Å². The lowest BCUT2D eigenvalue weighted by Gasteiger charge is -2.11. The van der Waals surface area contributed by atoms with Crippen LogP contribution in [0.1, 0.15) is 5.89 Å². The van der Waals surface area contributed by atoms with Crippen LogP contribution in [0, 0.1) is 0 Å². The first-order chi connectivity index (χ1) is 9.61. The van der Waals surface area contributed by atoms with Crippen LogP contribution in [0.25, 0.3) is 11.3 Å². The predicted molar refractivity (Wildman–Crippen MR) is 74.2 cm³/mol. The molecule has 5 nitrogen and oxygen atoms in total. The molecule has 1 fully saturated rings. The lowest BCUT2D eigenvalue weighted by Crippen LogP contribution is -2.22. The summed E-state index contributed by atoms with van der Waals surface area (Å²) >= 11 is 5.84. The monoisotopic (exact) mass is 294 g/mol. The van der Waals surface area contributed by atoms with Gasteiger partial charge in [-0.15, -0.1) is 0 Å². The second kappa shape index (κ2) is 5.54. The number of nitrogens with zero attached hydrogens (tertiary/aromatic N) is 2. The van der Waals surface area contributed by atoms with Gasteiger partial charge in [0.25, 0.3) is 0 Å². The number of aromatic nitrogens is 1. The Labute approximate surface area is 121 Å². The molecule has 0 amide bonds. The van der Waals surface area contributed by atoms with Crippen molar-refractivity contribution in [3.05, 3.63) is 41.4 Å². The minimum atomic E-state index is -0.694. The van der Waals surface area contributed by atoms with Crippen LogP contribution in [-0.4, -0.2) is 45.4 Å². The van der Waals surface area contributed by atoms with E-state index in [9.17, 15) is 10.2 Å². The lowest BCUT2D eigenvalue weighted by atomic mass is 10.2. The summed E-state index contributed by atoms with van der Waals surface area (Å²) in [6.45, 7) is 1.33. The number of hydrogen-bond acceptors (Lipinski definition) is 5. The zero-order valence-electron chi connectivity index (χ0n) is 10.7. The molecule has 1 saturated heterocycles. The number of benzene rings is 1. The fourth-order valence-corrected chi connectivity index (χ4v) is 2.42. The first kappa shape index (κ1) is 13.6. The third-order valence-electron chi connectivity index (χ3n) is 3.38. The molecule has 0 bridgehead atoms. The number of halogens is 1. The van der Waals surface area contributed by atoms with E-state index in [0.717, 1.165) is 5.56 Å². The van der Waals surface area contributed by atoms with E-state index in [0.29, 0.717) is 36.3 Å². The molecule has 1 aromatic heterocycles. The zero-order valence-corrected chi connectivity index (χ0v) is 11.5. The Morgan fingerprint density at radius 2 is 1.85 bits per heavy atom. The van der Waals surface area contributed by atoms with Gasteiger partial charge in [0.15, 0.2) is 5.76 Å². The third-order valence-corrected chi connectivity index (χ3v) is 3.63. The molecule has 0 radical (unpaired) electrons. The van der Waals surface area contributed by atoms with E-state index in [1.54, 1.807) is 18.3 Å². The number of aliphatic hydroxyl groups is 2. The van der Waals surface area contributed by atoms with Gasteiger partial charge in [0, 0.05) is 23.7 Å². The van der Waals surface area contributed by atoms with Gasteiger partial charge in [-0.2, -0.15) is 0 Å². The van der Waals surface area contributed by atoms with Gasteiger partial charge >= 0.3 is 0 Å². The Balaban J connectivity index is 1.69. The zero-order chi connectivity index (χ0) is 14.1. The standard InChI is InChI=1S/C14H15ClN2O3/c15-10-3-1-9(2-4-10)13-5-16-14(20-13)8-17-6-11(18)12(19)7-17/h1-5,11-12,18-19H,6-8H2. The highest BCUT2D eigenvalue weighted by molar-refractivity contribution is 6.30. The van der Waals surface area contributed by atoms with Gasteiger partial charge < -0.3 is 14.6 Å². The summed E-state index contributed by atoms with van der Waals surface area (Å²) in [5, 5.41) is 19.7. The number of aliphatic hydroxyl groups excluding tert-OH is 2. The minimum absolute atomic E-state index is 0.430. The smallest absolute Gasteiger partial charge is 0.209 e. The summed E-state index contributed by atoms with van der Waals surface area (Å²) in [7, 11) is 0. The highest BCUT2D eigenvalue weighted by Gasteiger charge is 2.30. The van der Waals surface area contributed by atoms with E-state index in [-0.39, 0.29) is 0 Å². The summed E-state index contributed by atoms with van der Waals surface area (Å²) in [5.41, 5.74) is 0.912. The second-order valence-electron chi connectivity index (χ2n) is 4.95. The Hall–Kier alpha value is -1.40. The van der Waals surface area contributed by atoms with Gasteiger partial charge in [-0.05, 0) is 24.3 Å². The third kappa shape index (κ3) is 2.86. The molecule has 2 N–H and O–H groups in total. The van der Waals surface area contributed by atoms with Crippen LogP contribution in [0.4, 0.5) is 0 Å². The van der Waals surface area contributed by atoms with Gasteiger partial charge in [0.05, 0.1) is 24.9 Å². The van der Waals surface area contributed by atoms with Crippen molar-refractivity contribution < 1.29 is 14.6 Å². The minimum Gasteiger partial charge on any atom is -0.439 e. The largest absolute Gasteiger partial charge is 0.439 e. The molecule has 3 rings (SSSR count). The number of likely N-dealkylation sites (tertiary alicyclic amines) is 1. The van der Waals surface area contributed by atoms with E-state index >= 15 is 0 Å².